The maximum Gasteiger partial charge on any atom is 0.251 e. The molecule has 2 atom stereocenters. The minimum atomic E-state index is -0.473. The van der Waals surface area contributed by atoms with Crippen LogP contribution in [0.5, 0.6) is 0 Å². The lowest BCUT2D eigenvalue weighted by molar-refractivity contribution is -0.117. The SMILES string of the molecule is CC.CCC(=O)Nc1c(C)[nH]c(CC2C(=O)Nc3ccc(C(=O)NC(C)c4ccc(F)cc4)cc32)c1C. The first-order valence-corrected chi connectivity index (χ1v) is 12.7. The van der Waals surface area contributed by atoms with Gasteiger partial charge in [0, 0.05) is 35.5 Å². The summed E-state index contributed by atoms with van der Waals surface area (Å²) in [6, 6.07) is 10.8. The summed E-state index contributed by atoms with van der Waals surface area (Å²) in [6.45, 7) is 11.4. The fourth-order valence-electron chi connectivity index (χ4n) is 4.42. The van der Waals surface area contributed by atoms with E-state index in [-0.39, 0.29) is 29.6 Å². The van der Waals surface area contributed by atoms with E-state index in [2.05, 4.69) is 20.9 Å². The Morgan fingerprint density at radius 2 is 1.76 bits per heavy atom. The zero-order valence-corrected chi connectivity index (χ0v) is 22.2. The molecular weight excluding hydrogens is 471 g/mol. The Bertz CT molecular complexity index is 1300. The second kappa shape index (κ2) is 11.9. The van der Waals surface area contributed by atoms with E-state index in [9.17, 15) is 18.8 Å². The number of halogens is 1. The molecule has 3 amide bonds. The summed E-state index contributed by atoms with van der Waals surface area (Å²) < 4.78 is 13.2. The minimum absolute atomic E-state index is 0.0729. The van der Waals surface area contributed by atoms with Gasteiger partial charge in [-0.15, -0.1) is 0 Å². The Morgan fingerprint density at radius 3 is 2.41 bits per heavy atom. The molecule has 2 unspecified atom stereocenters. The molecule has 0 radical (unpaired) electrons. The predicted octanol–water partition coefficient (Wildman–Crippen LogP) is 5.91. The van der Waals surface area contributed by atoms with Crippen LogP contribution >= 0.6 is 0 Å². The Morgan fingerprint density at radius 1 is 1.08 bits per heavy atom. The van der Waals surface area contributed by atoms with Gasteiger partial charge in [-0.1, -0.05) is 32.9 Å². The number of rotatable bonds is 7. The molecule has 1 aromatic heterocycles. The second-order valence-electron chi connectivity index (χ2n) is 8.92. The number of anilines is 2. The van der Waals surface area contributed by atoms with Gasteiger partial charge in [-0.3, -0.25) is 14.4 Å². The third-order valence-corrected chi connectivity index (χ3v) is 6.52. The summed E-state index contributed by atoms with van der Waals surface area (Å²) in [4.78, 5) is 40.9. The van der Waals surface area contributed by atoms with Crippen LogP contribution in [0.15, 0.2) is 42.5 Å². The molecular formula is C29H35FN4O3. The van der Waals surface area contributed by atoms with Gasteiger partial charge in [-0.05, 0) is 67.8 Å². The van der Waals surface area contributed by atoms with Crippen LogP contribution in [0.25, 0.3) is 0 Å². The van der Waals surface area contributed by atoms with E-state index in [1.165, 1.54) is 12.1 Å². The molecule has 0 fully saturated rings. The number of benzene rings is 2. The number of nitrogens with one attached hydrogen (secondary N) is 4. The van der Waals surface area contributed by atoms with Crippen molar-refractivity contribution in [2.75, 3.05) is 10.6 Å². The first-order chi connectivity index (χ1) is 17.7. The molecule has 0 spiro atoms. The Labute approximate surface area is 217 Å². The molecule has 8 heteroatoms. The molecule has 1 aliphatic rings. The van der Waals surface area contributed by atoms with E-state index in [0.29, 0.717) is 24.1 Å². The zero-order chi connectivity index (χ0) is 27.3. The van der Waals surface area contributed by atoms with Crippen molar-refractivity contribution in [3.63, 3.8) is 0 Å². The van der Waals surface area contributed by atoms with Crippen molar-refractivity contribution in [1.82, 2.24) is 10.3 Å². The van der Waals surface area contributed by atoms with E-state index in [1.807, 2.05) is 34.6 Å². The van der Waals surface area contributed by atoms with Gasteiger partial charge in [0.25, 0.3) is 5.91 Å². The van der Waals surface area contributed by atoms with Gasteiger partial charge in [0.2, 0.25) is 11.8 Å². The Kier molecular flexibility index (Phi) is 8.86. The van der Waals surface area contributed by atoms with Gasteiger partial charge < -0.3 is 20.9 Å². The van der Waals surface area contributed by atoms with Gasteiger partial charge in [-0.2, -0.15) is 0 Å². The number of carbonyl (C=O) groups excluding carboxylic acids is 3. The first-order valence-electron chi connectivity index (χ1n) is 12.7. The molecule has 0 saturated heterocycles. The van der Waals surface area contributed by atoms with Crippen LogP contribution < -0.4 is 16.0 Å². The highest BCUT2D eigenvalue weighted by Crippen LogP contribution is 2.37. The van der Waals surface area contributed by atoms with E-state index in [1.54, 1.807) is 37.3 Å². The number of amides is 3. The summed E-state index contributed by atoms with van der Waals surface area (Å²) in [5.74, 6) is -1.29. The number of H-pyrrole nitrogens is 1. The zero-order valence-electron chi connectivity index (χ0n) is 22.2. The third-order valence-electron chi connectivity index (χ3n) is 6.52. The van der Waals surface area contributed by atoms with E-state index in [4.69, 9.17) is 0 Å². The highest BCUT2D eigenvalue weighted by atomic mass is 19.1. The fraction of sp³-hybridized carbons (Fsp3) is 0.345. The molecule has 2 aromatic carbocycles. The summed E-state index contributed by atoms with van der Waals surface area (Å²) >= 11 is 0. The predicted molar refractivity (Wildman–Crippen MR) is 144 cm³/mol. The van der Waals surface area contributed by atoms with Crippen LogP contribution in [0.1, 0.15) is 84.5 Å². The summed E-state index contributed by atoms with van der Waals surface area (Å²) in [5.41, 5.74) is 6.00. The molecule has 4 N–H and O–H groups in total. The maximum atomic E-state index is 13.2. The molecule has 0 bridgehead atoms. The van der Waals surface area contributed by atoms with Crippen molar-refractivity contribution in [2.45, 2.75) is 66.3 Å². The Balaban J connectivity index is 0.00000186. The highest BCUT2D eigenvalue weighted by Gasteiger charge is 2.32. The minimum Gasteiger partial charge on any atom is -0.360 e. The van der Waals surface area contributed by atoms with Crippen molar-refractivity contribution in [3.8, 4) is 0 Å². The maximum absolute atomic E-state index is 13.2. The largest absolute Gasteiger partial charge is 0.360 e. The second-order valence-corrected chi connectivity index (χ2v) is 8.92. The third kappa shape index (κ3) is 6.07. The van der Waals surface area contributed by atoms with E-state index >= 15 is 0 Å². The highest BCUT2D eigenvalue weighted by molar-refractivity contribution is 6.05. The smallest absolute Gasteiger partial charge is 0.251 e. The van der Waals surface area contributed by atoms with Crippen LogP contribution in [-0.4, -0.2) is 22.7 Å². The lowest BCUT2D eigenvalue weighted by Gasteiger charge is -2.15. The number of hydrogen-bond acceptors (Lipinski definition) is 3. The van der Waals surface area contributed by atoms with Crippen molar-refractivity contribution >= 4 is 29.1 Å². The molecule has 37 heavy (non-hydrogen) atoms. The number of hydrogen-bond donors (Lipinski definition) is 4. The molecule has 2 heterocycles. The van der Waals surface area contributed by atoms with E-state index in [0.717, 1.165) is 33.8 Å². The molecule has 0 aliphatic carbocycles. The number of carbonyl (C=O) groups is 3. The molecule has 196 valence electrons. The van der Waals surface area contributed by atoms with Crippen LogP contribution in [0, 0.1) is 19.7 Å². The van der Waals surface area contributed by atoms with Gasteiger partial charge in [-0.25, -0.2) is 4.39 Å². The fourth-order valence-corrected chi connectivity index (χ4v) is 4.42. The number of aromatic nitrogens is 1. The molecule has 3 aromatic rings. The van der Waals surface area contributed by atoms with E-state index < -0.39 is 5.92 Å². The lowest BCUT2D eigenvalue weighted by Crippen LogP contribution is -2.26. The molecule has 1 aliphatic heterocycles. The molecule has 4 rings (SSSR count). The van der Waals surface area contributed by atoms with Crippen molar-refractivity contribution in [1.29, 1.82) is 0 Å². The lowest BCUT2D eigenvalue weighted by atomic mass is 9.93. The normalized spacial score (nSPS) is 14.7. The van der Waals surface area contributed by atoms with Gasteiger partial charge >= 0.3 is 0 Å². The van der Waals surface area contributed by atoms with Gasteiger partial charge in [0.05, 0.1) is 17.6 Å². The van der Waals surface area contributed by atoms with Crippen LogP contribution in [0.2, 0.25) is 0 Å². The topological polar surface area (TPSA) is 103 Å². The summed E-state index contributed by atoms with van der Waals surface area (Å²) in [7, 11) is 0. The van der Waals surface area contributed by atoms with Gasteiger partial charge in [0.1, 0.15) is 5.82 Å². The van der Waals surface area contributed by atoms with Crippen molar-refractivity contribution < 1.29 is 18.8 Å². The Hall–Kier alpha value is -3.94. The average Bonchev–Trinajstić information content (AvgIpc) is 3.34. The van der Waals surface area contributed by atoms with Gasteiger partial charge in [0.15, 0.2) is 0 Å². The quantitative estimate of drug-likeness (QED) is 0.320. The summed E-state index contributed by atoms with van der Waals surface area (Å²) in [6.07, 6.45) is 0.785. The van der Waals surface area contributed by atoms with Crippen LogP contribution in [0.3, 0.4) is 0 Å². The average molecular weight is 507 g/mol. The standard InChI is InChI=1S/C27H29FN4O3.C2H6/c1-5-24(33)32-25-14(2)23(29-16(25)4)13-21-20-12-18(8-11-22(20)31-27(21)35)26(34)30-15(3)17-6-9-19(28)10-7-17;1-2/h6-12,15,21,29H,5,13H2,1-4H3,(H,30,34)(H,31,35)(H,32,33);1-2H3. The van der Waals surface area contributed by atoms with Crippen molar-refractivity contribution in [2.24, 2.45) is 0 Å². The van der Waals surface area contributed by atoms with Crippen LogP contribution in [-0.2, 0) is 16.0 Å². The number of fused-ring (bicyclic) bond motifs is 1. The number of aromatic amines is 1. The number of aryl methyl sites for hydroxylation is 1. The monoisotopic (exact) mass is 506 g/mol. The van der Waals surface area contributed by atoms with Crippen LogP contribution in [0.4, 0.5) is 15.8 Å². The summed E-state index contributed by atoms with van der Waals surface area (Å²) in [5, 5.41) is 8.75. The van der Waals surface area contributed by atoms with Crippen molar-refractivity contribution in [3.05, 3.63) is 81.9 Å². The molecule has 0 saturated carbocycles. The molecule has 7 nitrogen and oxygen atoms in total. The first kappa shape index (κ1) is 27.6.